The van der Waals surface area contributed by atoms with Gasteiger partial charge >= 0.3 is 7.12 Å². The van der Waals surface area contributed by atoms with Gasteiger partial charge in [0.25, 0.3) is 10.0 Å². The Hall–Kier alpha value is -2.03. The summed E-state index contributed by atoms with van der Waals surface area (Å²) in [6.07, 6.45) is 0. The zero-order chi connectivity index (χ0) is 15.5. The first-order chi connectivity index (χ1) is 9.92. The molecule has 0 aliphatic carbocycles. The number of ether oxygens (including phenoxy) is 1. The summed E-state index contributed by atoms with van der Waals surface area (Å²) in [6, 6.07) is 11.7. The maximum absolute atomic E-state index is 12.2. The number of nitrogens with one attached hydrogen (secondary N) is 1. The van der Waals surface area contributed by atoms with Gasteiger partial charge in [-0.15, -0.1) is 0 Å². The first-order valence-electron chi connectivity index (χ1n) is 6.05. The number of methoxy groups -OCH3 is 1. The highest BCUT2D eigenvalue weighted by Crippen LogP contribution is 2.18. The number of sulfonamides is 1. The molecule has 21 heavy (non-hydrogen) atoms. The maximum atomic E-state index is 12.2. The van der Waals surface area contributed by atoms with E-state index in [1.54, 1.807) is 24.3 Å². The van der Waals surface area contributed by atoms with Crippen LogP contribution in [0.25, 0.3) is 0 Å². The van der Waals surface area contributed by atoms with Gasteiger partial charge in [-0.25, -0.2) is 8.42 Å². The van der Waals surface area contributed by atoms with Gasteiger partial charge < -0.3 is 14.8 Å². The number of rotatable bonds is 5. The highest BCUT2D eigenvalue weighted by Gasteiger charge is 2.16. The summed E-state index contributed by atoms with van der Waals surface area (Å²) in [5, 5.41) is 18.0. The molecule has 0 aromatic heterocycles. The van der Waals surface area contributed by atoms with Gasteiger partial charge in [0.1, 0.15) is 5.75 Å². The largest absolute Gasteiger partial charge is 0.497 e. The van der Waals surface area contributed by atoms with Crippen LogP contribution in [0, 0.1) is 0 Å². The van der Waals surface area contributed by atoms with Crippen molar-refractivity contribution in [2.45, 2.75) is 4.90 Å². The zero-order valence-electron chi connectivity index (χ0n) is 11.2. The second kappa shape index (κ2) is 6.17. The number of hydrogen-bond donors (Lipinski definition) is 3. The van der Waals surface area contributed by atoms with Crippen LogP contribution in [0.1, 0.15) is 0 Å². The van der Waals surface area contributed by atoms with Crippen LogP contribution in [-0.4, -0.2) is 32.7 Å². The molecule has 0 radical (unpaired) electrons. The van der Waals surface area contributed by atoms with Crippen LogP contribution in [0.15, 0.2) is 53.4 Å². The van der Waals surface area contributed by atoms with E-state index in [-0.39, 0.29) is 10.4 Å². The summed E-state index contributed by atoms with van der Waals surface area (Å²) >= 11 is 0. The quantitative estimate of drug-likeness (QED) is 0.685. The average Bonchev–Trinajstić information content (AvgIpc) is 2.48. The molecule has 0 atom stereocenters. The Bertz CT molecular complexity index is 698. The van der Waals surface area contributed by atoms with Gasteiger partial charge in [-0.05, 0) is 41.9 Å². The zero-order valence-corrected chi connectivity index (χ0v) is 12.0. The van der Waals surface area contributed by atoms with Crippen molar-refractivity contribution in [2.75, 3.05) is 11.8 Å². The molecule has 0 unspecified atom stereocenters. The van der Waals surface area contributed by atoms with E-state index >= 15 is 0 Å². The molecular weight excluding hydrogens is 293 g/mol. The fourth-order valence-electron chi connectivity index (χ4n) is 1.69. The average molecular weight is 307 g/mol. The summed E-state index contributed by atoms with van der Waals surface area (Å²) in [5.41, 5.74) is 0.625. The van der Waals surface area contributed by atoms with E-state index in [1.807, 2.05) is 0 Å². The predicted octanol–water partition coefficient (Wildman–Crippen LogP) is 0.176. The van der Waals surface area contributed by atoms with E-state index in [0.29, 0.717) is 11.4 Å². The Morgan fingerprint density at radius 3 is 2.05 bits per heavy atom. The van der Waals surface area contributed by atoms with Crippen molar-refractivity contribution in [1.82, 2.24) is 0 Å². The second-order valence-electron chi connectivity index (χ2n) is 4.28. The van der Waals surface area contributed by atoms with Gasteiger partial charge in [0.15, 0.2) is 0 Å². The van der Waals surface area contributed by atoms with Crippen LogP contribution < -0.4 is 14.9 Å². The van der Waals surface area contributed by atoms with Crippen molar-refractivity contribution >= 4 is 28.3 Å². The molecular formula is C13H14BNO5S. The smallest absolute Gasteiger partial charge is 0.488 e. The molecule has 0 saturated carbocycles. The van der Waals surface area contributed by atoms with Crippen molar-refractivity contribution < 1.29 is 23.2 Å². The molecule has 6 nitrogen and oxygen atoms in total. The molecule has 2 aromatic rings. The first kappa shape index (κ1) is 15.4. The molecule has 0 aliphatic heterocycles. The van der Waals surface area contributed by atoms with Crippen molar-refractivity contribution in [1.29, 1.82) is 0 Å². The van der Waals surface area contributed by atoms with Crippen LogP contribution in [0.4, 0.5) is 5.69 Å². The van der Waals surface area contributed by atoms with Gasteiger partial charge in [0.05, 0.1) is 12.0 Å². The minimum absolute atomic E-state index is 0.0303. The van der Waals surface area contributed by atoms with Gasteiger partial charge in [0.2, 0.25) is 0 Å². The Labute approximate surface area is 123 Å². The first-order valence-corrected chi connectivity index (χ1v) is 7.53. The van der Waals surface area contributed by atoms with Crippen molar-refractivity contribution in [3.05, 3.63) is 48.5 Å². The molecule has 2 aromatic carbocycles. The summed E-state index contributed by atoms with van der Waals surface area (Å²) in [5.74, 6) is 0.624. The molecule has 0 saturated heterocycles. The molecule has 0 spiro atoms. The fourth-order valence-corrected chi connectivity index (χ4v) is 2.75. The predicted molar refractivity (Wildman–Crippen MR) is 80.1 cm³/mol. The molecule has 110 valence electrons. The highest BCUT2D eigenvalue weighted by molar-refractivity contribution is 7.92. The third-order valence-electron chi connectivity index (χ3n) is 2.83. The van der Waals surface area contributed by atoms with Crippen LogP contribution in [0.5, 0.6) is 5.75 Å². The number of anilines is 1. The van der Waals surface area contributed by atoms with E-state index < -0.39 is 17.1 Å². The normalized spacial score (nSPS) is 11.0. The Morgan fingerprint density at radius 1 is 1.00 bits per heavy atom. The fraction of sp³-hybridized carbons (Fsp3) is 0.0769. The standard InChI is InChI=1S/C13H14BNO5S/c1-20-12-6-4-11(5-7-12)15-21(18,19)13-8-2-10(3-9-13)14(16)17/h2-9,15-17H,1H3. The highest BCUT2D eigenvalue weighted by atomic mass is 32.2. The molecule has 8 heteroatoms. The van der Waals surface area contributed by atoms with Gasteiger partial charge in [-0.3, -0.25) is 4.72 Å². The molecule has 0 heterocycles. The Morgan fingerprint density at radius 2 is 1.57 bits per heavy atom. The topological polar surface area (TPSA) is 95.9 Å². The molecule has 0 aliphatic rings. The lowest BCUT2D eigenvalue weighted by molar-refractivity contribution is 0.415. The Balaban J connectivity index is 2.20. The van der Waals surface area contributed by atoms with Gasteiger partial charge in [-0.2, -0.15) is 0 Å². The maximum Gasteiger partial charge on any atom is 0.488 e. The molecule has 0 amide bonds. The van der Waals surface area contributed by atoms with Crippen molar-refractivity contribution in [3.8, 4) is 5.75 Å². The van der Waals surface area contributed by atoms with E-state index in [0.717, 1.165) is 0 Å². The van der Waals surface area contributed by atoms with Crippen LogP contribution >= 0.6 is 0 Å². The summed E-state index contributed by atoms with van der Waals surface area (Å²) in [4.78, 5) is 0.0303. The third-order valence-corrected chi connectivity index (χ3v) is 4.23. The lowest BCUT2D eigenvalue weighted by Crippen LogP contribution is -2.29. The van der Waals surface area contributed by atoms with E-state index in [1.165, 1.54) is 31.4 Å². The monoisotopic (exact) mass is 307 g/mol. The van der Waals surface area contributed by atoms with Crippen molar-refractivity contribution in [2.24, 2.45) is 0 Å². The van der Waals surface area contributed by atoms with Gasteiger partial charge in [-0.1, -0.05) is 12.1 Å². The lowest BCUT2D eigenvalue weighted by atomic mass is 9.81. The molecule has 0 fully saturated rings. The summed E-state index contributed by atoms with van der Waals surface area (Å²) in [6.45, 7) is 0. The lowest BCUT2D eigenvalue weighted by Gasteiger charge is -2.09. The summed E-state index contributed by atoms with van der Waals surface area (Å²) < 4.78 is 31.8. The molecule has 2 rings (SSSR count). The van der Waals surface area contributed by atoms with Gasteiger partial charge in [0, 0.05) is 5.69 Å². The number of hydrogen-bond acceptors (Lipinski definition) is 5. The van der Waals surface area contributed by atoms with Crippen LogP contribution in [0.3, 0.4) is 0 Å². The second-order valence-corrected chi connectivity index (χ2v) is 5.96. The SMILES string of the molecule is COc1ccc(NS(=O)(=O)c2ccc(B(O)O)cc2)cc1. The minimum atomic E-state index is -3.73. The minimum Gasteiger partial charge on any atom is -0.497 e. The van der Waals surface area contributed by atoms with Crippen LogP contribution in [0.2, 0.25) is 0 Å². The Kier molecular flexibility index (Phi) is 4.51. The number of benzene rings is 2. The van der Waals surface area contributed by atoms with E-state index in [4.69, 9.17) is 14.8 Å². The van der Waals surface area contributed by atoms with Crippen molar-refractivity contribution in [3.63, 3.8) is 0 Å². The van der Waals surface area contributed by atoms with E-state index in [9.17, 15) is 8.42 Å². The molecule has 3 N–H and O–H groups in total. The summed E-state index contributed by atoms with van der Waals surface area (Å²) in [7, 11) is -3.83. The molecule has 0 bridgehead atoms. The van der Waals surface area contributed by atoms with E-state index in [2.05, 4.69) is 4.72 Å². The van der Waals surface area contributed by atoms with Crippen LogP contribution in [-0.2, 0) is 10.0 Å². The third kappa shape index (κ3) is 3.75.